The number of benzene rings is 1. The number of nitrogens with two attached hydrogens (primary N) is 1. The molecule has 1 rings (SSSR count). The van der Waals surface area contributed by atoms with Crippen LogP contribution in [0.3, 0.4) is 0 Å². The fourth-order valence-corrected chi connectivity index (χ4v) is 2.20. The zero-order valence-corrected chi connectivity index (χ0v) is 10.6. The lowest BCUT2D eigenvalue weighted by molar-refractivity contribution is 0.603. The quantitative estimate of drug-likeness (QED) is 0.872. The minimum Gasteiger partial charge on any atom is -0.324 e. The van der Waals surface area contributed by atoms with Gasteiger partial charge in [-0.05, 0) is 24.1 Å². The van der Waals surface area contributed by atoms with E-state index in [9.17, 15) is 0 Å². The lowest BCUT2D eigenvalue weighted by Gasteiger charge is -2.13. The Morgan fingerprint density at radius 3 is 2.79 bits per heavy atom. The van der Waals surface area contributed by atoms with E-state index in [0.717, 1.165) is 27.9 Å². The average molecular weight is 277 g/mol. The lowest BCUT2D eigenvalue weighted by atomic mass is 10.0. The predicted molar refractivity (Wildman–Crippen MR) is 65.6 cm³/mol. The maximum absolute atomic E-state index is 6.09. The Morgan fingerprint density at radius 2 is 2.21 bits per heavy atom. The standard InChI is InChI=1S/C11H15BrClN/c1-2-3-4-11(14)9-6-5-8(12)7-10(9)13/h5-7,11H,2-4,14H2,1H3/t11-/m1/s1. The first-order chi connectivity index (χ1) is 6.65. The van der Waals surface area contributed by atoms with E-state index >= 15 is 0 Å². The van der Waals surface area contributed by atoms with Gasteiger partial charge in [0.15, 0.2) is 0 Å². The number of unbranched alkanes of at least 4 members (excludes halogenated alkanes) is 1. The molecule has 0 saturated heterocycles. The van der Waals surface area contributed by atoms with Crippen molar-refractivity contribution in [2.24, 2.45) is 5.73 Å². The highest BCUT2D eigenvalue weighted by molar-refractivity contribution is 9.10. The zero-order chi connectivity index (χ0) is 10.6. The Labute approximate surface area is 98.8 Å². The van der Waals surface area contributed by atoms with Gasteiger partial charge in [0.2, 0.25) is 0 Å². The van der Waals surface area contributed by atoms with Crippen LogP contribution in [-0.2, 0) is 0 Å². The van der Waals surface area contributed by atoms with Crippen LogP contribution in [0.1, 0.15) is 37.8 Å². The van der Waals surface area contributed by atoms with Crippen LogP contribution in [0.4, 0.5) is 0 Å². The second kappa shape index (κ2) is 5.74. The van der Waals surface area contributed by atoms with E-state index in [-0.39, 0.29) is 6.04 Å². The van der Waals surface area contributed by atoms with Crippen LogP contribution in [0.5, 0.6) is 0 Å². The van der Waals surface area contributed by atoms with E-state index < -0.39 is 0 Å². The molecule has 78 valence electrons. The fraction of sp³-hybridized carbons (Fsp3) is 0.455. The van der Waals surface area contributed by atoms with Gasteiger partial charge in [-0.25, -0.2) is 0 Å². The maximum Gasteiger partial charge on any atom is 0.0464 e. The van der Waals surface area contributed by atoms with E-state index in [0.29, 0.717) is 0 Å². The minimum absolute atomic E-state index is 0.0653. The first-order valence-corrected chi connectivity index (χ1v) is 6.02. The SMILES string of the molecule is CCCC[C@@H](N)c1ccc(Br)cc1Cl. The molecule has 14 heavy (non-hydrogen) atoms. The average Bonchev–Trinajstić information content (AvgIpc) is 2.14. The molecular weight excluding hydrogens is 261 g/mol. The zero-order valence-electron chi connectivity index (χ0n) is 8.26. The van der Waals surface area contributed by atoms with Crippen molar-refractivity contribution in [2.75, 3.05) is 0 Å². The molecule has 0 heterocycles. The molecule has 1 aromatic rings. The van der Waals surface area contributed by atoms with Crippen LogP contribution in [0.2, 0.25) is 5.02 Å². The number of hydrogen-bond acceptors (Lipinski definition) is 1. The van der Waals surface area contributed by atoms with Gasteiger partial charge in [0.1, 0.15) is 0 Å². The van der Waals surface area contributed by atoms with Gasteiger partial charge in [0.05, 0.1) is 0 Å². The van der Waals surface area contributed by atoms with Gasteiger partial charge in [-0.15, -0.1) is 0 Å². The summed E-state index contributed by atoms with van der Waals surface area (Å²) in [6.07, 6.45) is 3.31. The van der Waals surface area contributed by atoms with E-state index in [1.807, 2.05) is 18.2 Å². The topological polar surface area (TPSA) is 26.0 Å². The molecule has 0 unspecified atom stereocenters. The highest BCUT2D eigenvalue weighted by atomic mass is 79.9. The fourth-order valence-electron chi connectivity index (χ4n) is 1.38. The highest BCUT2D eigenvalue weighted by Gasteiger charge is 2.09. The molecule has 1 atom stereocenters. The molecule has 0 bridgehead atoms. The van der Waals surface area contributed by atoms with E-state index in [1.165, 1.54) is 6.42 Å². The third-order valence-corrected chi connectivity index (χ3v) is 3.05. The molecule has 1 aromatic carbocycles. The molecule has 0 fully saturated rings. The molecule has 2 N–H and O–H groups in total. The van der Waals surface area contributed by atoms with Crippen molar-refractivity contribution in [2.45, 2.75) is 32.2 Å². The second-order valence-corrected chi connectivity index (χ2v) is 4.74. The lowest BCUT2D eigenvalue weighted by Crippen LogP contribution is -2.10. The Kier molecular flexibility index (Phi) is 4.93. The molecule has 3 heteroatoms. The predicted octanol–water partition coefficient (Wildman–Crippen LogP) is 4.29. The van der Waals surface area contributed by atoms with Crippen LogP contribution in [-0.4, -0.2) is 0 Å². The molecule has 0 radical (unpaired) electrons. The van der Waals surface area contributed by atoms with E-state index in [4.69, 9.17) is 17.3 Å². The monoisotopic (exact) mass is 275 g/mol. The molecule has 0 aliphatic carbocycles. The molecule has 0 aliphatic heterocycles. The van der Waals surface area contributed by atoms with Crippen molar-refractivity contribution in [3.8, 4) is 0 Å². The molecule has 0 aliphatic rings. The van der Waals surface area contributed by atoms with Gasteiger partial charge in [-0.1, -0.05) is 53.4 Å². The Bertz CT molecular complexity index is 301. The van der Waals surface area contributed by atoms with Gasteiger partial charge < -0.3 is 5.73 Å². The highest BCUT2D eigenvalue weighted by Crippen LogP contribution is 2.27. The summed E-state index contributed by atoms with van der Waals surface area (Å²) in [5.74, 6) is 0. The van der Waals surface area contributed by atoms with Crippen molar-refractivity contribution >= 4 is 27.5 Å². The first kappa shape index (κ1) is 12.0. The number of rotatable bonds is 4. The summed E-state index contributed by atoms with van der Waals surface area (Å²) in [6, 6.07) is 5.93. The largest absolute Gasteiger partial charge is 0.324 e. The molecule has 0 saturated carbocycles. The summed E-state index contributed by atoms with van der Waals surface area (Å²) in [5, 5.41) is 0.753. The Morgan fingerprint density at radius 1 is 1.50 bits per heavy atom. The van der Waals surface area contributed by atoms with Crippen LogP contribution in [0.15, 0.2) is 22.7 Å². The van der Waals surface area contributed by atoms with E-state index in [2.05, 4.69) is 22.9 Å². The first-order valence-electron chi connectivity index (χ1n) is 4.85. The van der Waals surface area contributed by atoms with Crippen LogP contribution >= 0.6 is 27.5 Å². The summed E-state index contributed by atoms with van der Waals surface area (Å²) < 4.78 is 0.994. The summed E-state index contributed by atoms with van der Waals surface area (Å²) in [5.41, 5.74) is 7.08. The molecule has 1 nitrogen and oxygen atoms in total. The number of hydrogen-bond donors (Lipinski definition) is 1. The smallest absolute Gasteiger partial charge is 0.0464 e. The summed E-state index contributed by atoms with van der Waals surface area (Å²) in [7, 11) is 0. The third-order valence-electron chi connectivity index (χ3n) is 2.23. The Hall–Kier alpha value is -0.0500. The van der Waals surface area contributed by atoms with Gasteiger partial charge in [0, 0.05) is 15.5 Å². The third kappa shape index (κ3) is 3.26. The van der Waals surface area contributed by atoms with Crippen LogP contribution < -0.4 is 5.73 Å². The second-order valence-electron chi connectivity index (χ2n) is 3.41. The maximum atomic E-state index is 6.09. The van der Waals surface area contributed by atoms with Gasteiger partial charge in [0.25, 0.3) is 0 Å². The van der Waals surface area contributed by atoms with Crippen molar-refractivity contribution in [1.29, 1.82) is 0 Å². The normalized spacial score (nSPS) is 12.9. The minimum atomic E-state index is 0.0653. The van der Waals surface area contributed by atoms with Gasteiger partial charge in [-0.2, -0.15) is 0 Å². The van der Waals surface area contributed by atoms with Crippen LogP contribution in [0.25, 0.3) is 0 Å². The molecule has 0 spiro atoms. The summed E-state index contributed by atoms with van der Waals surface area (Å²) >= 11 is 9.47. The van der Waals surface area contributed by atoms with Crippen molar-refractivity contribution in [3.05, 3.63) is 33.3 Å². The van der Waals surface area contributed by atoms with Gasteiger partial charge >= 0.3 is 0 Å². The molecular formula is C11H15BrClN. The van der Waals surface area contributed by atoms with Crippen molar-refractivity contribution in [3.63, 3.8) is 0 Å². The molecule has 0 amide bonds. The van der Waals surface area contributed by atoms with Gasteiger partial charge in [-0.3, -0.25) is 0 Å². The summed E-state index contributed by atoms with van der Waals surface area (Å²) in [4.78, 5) is 0. The number of halogens is 2. The van der Waals surface area contributed by atoms with Crippen LogP contribution in [0, 0.1) is 0 Å². The van der Waals surface area contributed by atoms with Crippen molar-refractivity contribution < 1.29 is 0 Å². The van der Waals surface area contributed by atoms with E-state index in [1.54, 1.807) is 0 Å². The van der Waals surface area contributed by atoms with Crippen molar-refractivity contribution in [1.82, 2.24) is 0 Å². The summed E-state index contributed by atoms with van der Waals surface area (Å²) in [6.45, 7) is 2.16. The Balaban J connectivity index is 2.74. The molecule has 0 aromatic heterocycles.